The van der Waals surface area contributed by atoms with Crippen LogP contribution in [0.5, 0.6) is 0 Å². The highest BCUT2D eigenvalue weighted by Gasteiger charge is 2.25. The summed E-state index contributed by atoms with van der Waals surface area (Å²) in [5.74, 6) is -1.48. The Hall–Kier alpha value is -1.96. The highest BCUT2D eigenvalue weighted by molar-refractivity contribution is 7.11. The van der Waals surface area contributed by atoms with Gasteiger partial charge in [-0.1, -0.05) is 13.8 Å². The van der Waals surface area contributed by atoms with Crippen LogP contribution in [0.15, 0.2) is 5.38 Å². The van der Waals surface area contributed by atoms with E-state index in [2.05, 4.69) is 10.3 Å². The van der Waals surface area contributed by atoms with E-state index in [-0.39, 0.29) is 28.8 Å². The number of carbonyl (C=O) groups excluding carboxylic acids is 2. The lowest BCUT2D eigenvalue weighted by Crippen LogP contribution is -2.42. The summed E-state index contributed by atoms with van der Waals surface area (Å²) in [6.07, 6.45) is -0.557. The molecule has 1 rings (SSSR count). The summed E-state index contributed by atoms with van der Waals surface area (Å²) < 4.78 is 5.19. The normalized spacial score (nSPS) is 12.8. The molecule has 1 aromatic heterocycles. The number of carbonyl (C=O) groups is 3. The standard InChI is InChI=1S/C15H22N2O5S/c1-8(2)9(17-14(21)22-15(3,4)5)6-11(18)12-16-10(7-23-12)13(19)20/h7-9H,6H2,1-5H3,(H,17,21)(H,19,20). The van der Waals surface area contributed by atoms with Crippen LogP contribution in [0.1, 0.15) is 61.3 Å². The van der Waals surface area contributed by atoms with Gasteiger partial charge in [0.15, 0.2) is 16.5 Å². The van der Waals surface area contributed by atoms with Gasteiger partial charge in [0.25, 0.3) is 0 Å². The predicted molar refractivity (Wildman–Crippen MR) is 86.0 cm³/mol. The van der Waals surface area contributed by atoms with Crippen molar-refractivity contribution < 1.29 is 24.2 Å². The fraction of sp³-hybridized carbons (Fsp3) is 0.600. The van der Waals surface area contributed by atoms with Gasteiger partial charge in [0.1, 0.15) is 5.60 Å². The van der Waals surface area contributed by atoms with Crippen molar-refractivity contribution in [2.45, 2.75) is 52.7 Å². The van der Waals surface area contributed by atoms with Crippen molar-refractivity contribution in [3.05, 3.63) is 16.1 Å². The van der Waals surface area contributed by atoms with E-state index >= 15 is 0 Å². The number of amides is 1. The van der Waals surface area contributed by atoms with Crippen molar-refractivity contribution in [3.8, 4) is 0 Å². The Morgan fingerprint density at radius 3 is 2.39 bits per heavy atom. The van der Waals surface area contributed by atoms with Gasteiger partial charge < -0.3 is 15.2 Å². The maximum absolute atomic E-state index is 12.2. The second kappa shape index (κ2) is 7.54. The molecular weight excluding hydrogens is 320 g/mol. The molecule has 1 amide bonds. The van der Waals surface area contributed by atoms with Crippen LogP contribution >= 0.6 is 11.3 Å². The van der Waals surface area contributed by atoms with E-state index in [0.29, 0.717) is 0 Å². The number of carboxylic acid groups (broad SMARTS) is 1. The molecule has 0 fully saturated rings. The number of rotatable bonds is 6. The maximum Gasteiger partial charge on any atom is 0.407 e. The Morgan fingerprint density at radius 2 is 1.96 bits per heavy atom. The van der Waals surface area contributed by atoms with Crippen LogP contribution in [-0.4, -0.2) is 39.6 Å². The summed E-state index contributed by atoms with van der Waals surface area (Å²) in [6.45, 7) is 9.01. The van der Waals surface area contributed by atoms with Crippen LogP contribution in [-0.2, 0) is 4.74 Å². The molecule has 0 spiro atoms. The highest BCUT2D eigenvalue weighted by Crippen LogP contribution is 2.16. The van der Waals surface area contributed by atoms with Crippen molar-refractivity contribution in [3.63, 3.8) is 0 Å². The van der Waals surface area contributed by atoms with Gasteiger partial charge >= 0.3 is 12.1 Å². The number of nitrogens with zero attached hydrogens (tertiary/aromatic N) is 1. The average Bonchev–Trinajstić information content (AvgIpc) is 2.85. The first-order valence-electron chi connectivity index (χ1n) is 7.21. The van der Waals surface area contributed by atoms with Crippen LogP contribution < -0.4 is 5.32 Å². The molecule has 1 aromatic rings. The molecule has 0 aliphatic rings. The van der Waals surface area contributed by atoms with Gasteiger partial charge in [-0.15, -0.1) is 11.3 Å². The van der Waals surface area contributed by atoms with Gasteiger partial charge in [0.05, 0.1) is 0 Å². The van der Waals surface area contributed by atoms with Crippen molar-refractivity contribution >= 4 is 29.2 Å². The van der Waals surface area contributed by atoms with Crippen LogP contribution in [0, 0.1) is 5.92 Å². The summed E-state index contributed by atoms with van der Waals surface area (Å²) >= 11 is 0.983. The number of carboxylic acids is 1. The van der Waals surface area contributed by atoms with E-state index in [1.807, 2.05) is 13.8 Å². The molecule has 0 saturated heterocycles. The summed E-state index contributed by atoms with van der Waals surface area (Å²) in [7, 11) is 0. The maximum atomic E-state index is 12.2. The fourth-order valence-electron chi connectivity index (χ4n) is 1.70. The highest BCUT2D eigenvalue weighted by atomic mass is 32.1. The zero-order valence-corrected chi connectivity index (χ0v) is 14.7. The van der Waals surface area contributed by atoms with Gasteiger partial charge in [-0.3, -0.25) is 4.79 Å². The zero-order valence-electron chi connectivity index (χ0n) is 13.9. The summed E-state index contributed by atoms with van der Waals surface area (Å²) in [4.78, 5) is 38.7. The fourth-order valence-corrected chi connectivity index (χ4v) is 2.44. The second-order valence-corrected chi connectivity index (χ2v) is 7.33. The van der Waals surface area contributed by atoms with Gasteiger partial charge in [0.2, 0.25) is 0 Å². The molecular formula is C15H22N2O5S. The third-order valence-corrected chi connectivity index (χ3v) is 3.76. The largest absolute Gasteiger partial charge is 0.476 e. The summed E-state index contributed by atoms with van der Waals surface area (Å²) in [6, 6.07) is -0.422. The molecule has 0 saturated carbocycles. The van der Waals surface area contributed by atoms with Crippen molar-refractivity contribution in [1.29, 1.82) is 0 Å². The predicted octanol–water partition coefficient (Wildman–Crippen LogP) is 2.96. The lowest BCUT2D eigenvalue weighted by molar-refractivity contribution is 0.0486. The lowest BCUT2D eigenvalue weighted by Gasteiger charge is -2.25. The molecule has 1 heterocycles. The SMILES string of the molecule is CC(C)C(CC(=O)c1nc(C(=O)O)cs1)NC(=O)OC(C)(C)C. The number of aromatic carboxylic acids is 1. The average molecular weight is 342 g/mol. The molecule has 0 radical (unpaired) electrons. The van der Waals surface area contributed by atoms with Crippen molar-refractivity contribution in [2.75, 3.05) is 0 Å². The Bertz CT molecular complexity index is 589. The van der Waals surface area contributed by atoms with E-state index in [9.17, 15) is 14.4 Å². The van der Waals surface area contributed by atoms with Crippen molar-refractivity contribution in [1.82, 2.24) is 10.3 Å². The Balaban J connectivity index is 2.73. The number of nitrogens with one attached hydrogen (secondary N) is 1. The number of hydrogen-bond donors (Lipinski definition) is 2. The smallest absolute Gasteiger partial charge is 0.407 e. The van der Waals surface area contributed by atoms with Crippen LogP contribution in [0.25, 0.3) is 0 Å². The molecule has 0 bridgehead atoms. The monoisotopic (exact) mass is 342 g/mol. The van der Waals surface area contributed by atoms with Gasteiger partial charge in [-0.2, -0.15) is 0 Å². The van der Waals surface area contributed by atoms with E-state index in [4.69, 9.17) is 9.84 Å². The minimum absolute atomic E-state index is 0.00498. The molecule has 0 aliphatic carbocycles. The second-order valence-electron chi connectivity index (χ2n) is 6.47. The topological polar surface area (TPSA) is 106 Å². The number of aromatic nitrogens is 1. The molecule has 23 heavy (non-hydrogen) atoms. The Labute approximate surface area is 139 Å². The molecule has 0 aromatic carbocycles. The summed E-state index contributed by atoms with van der Waals surface area (Å²) in [5, 5.41) is 13.0. The van der Waals surface area contributed by atoms with E-state index < -0.39 is 23.7 Å². The van der Waals surface area contributed by atoms with Crippen molar-refractivity contribution in [2.24, 2.45) is 5.92 Å². The minimum Gasteiger partial charge on any atom is -0.476 e. The number of alkyl carbamates (subject to hydrolysis) is 1. The first-order chi connectivity index (χ1) is 10.5. The first-order valence-corrected chi connectivity index (χ1v) is 8.09. The molecule has 2 N–H and O–H groups in total. The third kappa shape index (κ3) is 6.35. The molecule has 128 valence electrons. The Kier molecular flexibility index (Phi) is 6.26. The zero-order chi connectivity index (χ0) is 17.8. The quantitative estimate of drug-likeness (QED) is 0.770. The van der Waals surface area contributed by atoms with Gasteiger partial charge in [-0.05, 0) is 26.7 Å². The molecule has 1 atom stereocenters. The third-order valence-electron chi connectivity index (χ3n) is 2.87. The van der Waals surface area contributed by atoms with Gasteiger partial charge in [0, 0.05) is 17.8 Å². The number of Topliss-reactive ketones (excluding diaryl/α,β-unsaturated/α-hetero) is 1. The molecule has 1 unspecified atom stereocenters. The lowest BCUT2D eigenvalue weighted by atomic mass is 9.99. The van der Waals surface area contributed by atoms with Gasteiger partial charge in [-0.25, -0.2) is 14.6 Å². The Morgan fingerprint density at radius 1 is 1.35 bits per heavy atom. The molecule has 0 aliphatic heterocycles. The van der Waals surface area contributed by atoms with E-state index in [1.165, 1.54) is 5.38 Å². The van der Waals surface area contributed by atoms with E-state index in [1.54, 1.807) is 20.8 Å². The minimum atomic E-state index is -1.17. The van der Waals surface area contributed by atoms with Crippen LogP contribution in [0.3, 0.4) is 0 Å². The number of ether oxygens (including phenoxy) is 1. The number of thiazole rings is 1. The van der Waals surface area contributed by atoms with Crippen LogP contribution in [0.4, 0.5) is 4.79 Å². The van der Waals surface area contributed by atoms with Crippen LogP contribution in [0.2, 0.25) is 0 Å². The first kappa shape index (κ1) is 19.1. The van der Waals surface area contributed by atoms with E-state index in [0.717, 1.165) is 11.3 Å². The number of hydrogen-bond acceptors (Lipinski definition) is 6. The molecule has 7 nitrogen and oxygen atoms in total. The molecule has 8 heteroatoms. The number of ketones is 1. The summed E-state index contributed by atoms with van der Waals surface area (Å²) in [5.41, 5.74) is -0.777.